The Labute approximate surface area is 157 Å². The molecule has 0 amide bonds. The van der Waals surface area contributed by atoms with Crippen LogP contribution in [-0.4, -0.2) is 58.8 Å². The molecule has 1 saturated heterocycles. The fraction of sp³-hybridized carbons (Fsp3) is 0.250. The molecule has 0 aliphatic carbocycles. The molecule has 1 aliphatic rings. The van der Waals surface area contributed by atoms with Crippen molar-refractivity contribution >= 4 is 23.2 Å². The number of nitrogens with zero attached hydrogens (tertiary/aromatic N) is 4. The molecule has 1 fully saturated rings. The number of pyridine rings is 2. The number of hydrogen-bond donors (Lipinski definition) is 2. The maximum Gasteiger partial charge on any atom is 0.137 e. The first-order chi connectivity index (χ1) is 13.2. The Balaban J connectivity index is 1.79. The number of nitrogens with one attached hydrogen (secondary N) is 2. The van der Waals surface area contributed by atoms with E-state index in [1.807, 2.05) is 36.0 Å². The molecule has 0 bridgehead atoms. The largest absolute Gasteiger partial charge is 0.386 e. The number of aromatic nitrogens is 3. The van der Waals surface area contributed by atoms with Crippen molar-refractivity contribution in [2.24, 2.45) is 0 Å². The number of imidazole rings is 1. The minimum Gasteiger partial charge on any atom is -0.386 e. The van der Waals surface area contributed by atoms with Gasteiger partial charge < -0.3 is 20.4 Å². The van der Waals surface area contributed by atoms with Crippen LogP contribution in [0.25, 0.3) is 22.5 Å². The molecule has 4 heterocycles. The summed E-state index contributed by atoms with van der Waals surface area (Å²) in [6.07, 6.45) is 8.76. The average molecular weight is 362 g/mol. The van der Waals surface area contributed by atoms with Crippen molar-refractivity contribution < 1.29 is 4.74 Å². The van der Waals surface area contributed by atoms with E-state index in [1.54, 1.807) is 12.4 Å². The lowest BCUT2D eigenvalue weighted by Gasteiger charge is -2.30. The standard InChI is InChI=1S/C20H22N6O/c1-14(25-5-7-27-8-6-25)19-12-24-20-4-3-15(13-26(19)20)17-10-23-11-18(22-2)16(17)9-21/h3-4,9-13,21-22H,1,5-8H2,2H3. The molecular formula is C20H22N6O. The predicted octanol–water partition coefficient (Wildman–Crippen LogP) is 2.74. The predicted molar refractivity (Wildman–Crippen MR) is 107 cm³/mol. The second-order valence-corrected chi connectivity index (χ2v) is 6.38. The van der Waals surface area contributed by atoms with Crippen molar-refractivity contribution in [1.82, 2.24) is 19.3 Å². The molecule has 7 heteroatoms. The molecule has 27 heavy (non-hydrogen) atoms. The molecule has 0 saturated carbocycles. The van der Waals surface area contributed by atoms with Gasteiger partial charge in [0.2, 0.25) is 0 Å². The van der Waals surface area contributed by atoms with Gasteiger partial charge >= 0.3 is 0 Å². The van der Waals surface area contributed by atoms with E-state index in [-0.39, 0.29) is 0 Å². The van der Waals surface area contributed by atoms with Crippen molar-refractivity contribution in [1.29, 1.82) is 5.41 Å². The minimum atomic E-state index is 0.714. The van der Waals surface area contributed by atoms with Crippen LogP contribution in [0.1, 0.15) is 11.3 Å². The third kappa shape index (κ3) is 3.06. The van der Waals surface area contributed by atoms with Crippen LogP contribution in [0.5, 0.6) is 0 Å². The van der Waals surface area contributed by atoms with E-state index < -0.39 is 0 Å². The van der Waals surface area contributed by atoms with Gasteiger partial charge in [0.15, 0.2) is 0 Å². The summed E-state index contributed by atoms with van der Waals surface area (Å²) in [6, 6.07) is 3.98. The summed E-state index contributed by atoms with van der Waals surface area (Å²) in [4.78, 5) is 11.1. The Morgan fingerprint density at radius 3 is 2.81 bits per heavy atom. The summed E-state index contributed by atoms with van der Waals surface area (Å²) in [7, 11) is 1.83. The van der Waals surface area contributed by atoms with Gasteiger partial charge in [-0.05, 0) is 12.1 Å². The van der Waals surface area contributed by atoms with Crippen LogP contribution in [0.4, 0.5) is 5.69 Å². The fourth-order valence-corrected chi connectivity index (χ4v) is 3.40. The molecule has 7 nitrogen and oxygen atoms in total. The van der Waals surface area contributed by atoms with Gasteiger partial charge in [0, 0.05) is 55.4 Å². The zero-order valence-electron chi connectivity index (χ0n) is 15.3. The van der Waals surface area contributed by atoms with E-state index in [4.69, 9.17) is 10.1 Å². The number of rotatable bonds is 5. The van der Waals surface area contributed by atoms with Gasteiger partial charge in [0.25, 0.3) is 0 Å². The third-order valence-electron chi connectivity index (χ3n) is 4.91. The molecule has 3 aromatic heterocycles. The Kier molecular flexibility index (Phi) is 4.60. The lowest BCUT2D eigenvalue weighted by molar-refractivity contribution is 0.0639. The van der Waals surface area contributed by atoms with Gasteiger partial charge in [-0.3, -0.25) is 9.38 Å². The van der Waals surface area contributed by atoms with Crippen LogP contribution in [0.3, 0.4) is 0 Å². The SMILES string of the molecule is C=C(c1cnc2ccc(-c3cncc(NC)c3C=N)cn12)N1CCOCC1. The van der Waals surface area contributed by atoms with Gasteiger partial charge in [0.05, 0.1) is 42.7 Å². The van der Waals surface area contributed by atoms with Crippen LogP contribution < -0.4 is 5.32 Å². The van der Waals surface area contributed by atoms with Crippen molar-refractivity contribution in [3.05, 3.63) is 54.8 Å². The van der Waals surface area contributed by atoms with Crippen molar-refractivity contribution in [3.63, 3.8) is 0 Å². The highest BCUT2D eigenvalue weighted by Gasteiger charge is 2.17. The van der Waals surface area contributed by atoms with Crippen LogP contribution >= 0.6 is 0 Å². The first-order valence-corrected chi connectivity index (χ1v) is 8.88. The molecule has 4 rings (SSSR count). The normalized spacial score (nSPS) is 14.3. The zero-order valence-corrected chi connectivity index (χ0v) is 15.3. The molecule has 138 valence electrons. The number of fused-ring (bicyclic) bond motifs is 1. The molecular weight excluding hydrogens is 340 g/mol. The first kappa shape index (κ1) is 17.2. The topological polar surface area (TPSA) is 78.5 Å². The number of morpholine rings is 1. The van der Waals surface area contributed by atoms with E-state index in [0.29, 0.717) is 13.2 Å². The minimum absolute atomic E-state index is 0.714. The number of hydrogen-bond acceptors (Lipinski definition) is 6. The summed E-state index contributed by atoms with van der Waals surface area (Å²) < 4.78 is 7.49. The summed E-state index contributed by atoms with van der Waals surface area (Å²) in [5.74, 6) is 0. The molecule has 0 unspecified atom stereocenters. The van der Waals surface area contributed by atoms with Crippen LogP contribution in [0, 0.1) is 5.41 Å². The van der Waals surface area contributed by atoms with E-state index >= 15 is 0 Å². The lowest BCUT2D eigenvalue weighted by Crippen LogP contribution is -2.34. The Morgan fingerprint density at radius 1 is 1.26 bits per heavy atom. The van der Waals surface area contributed by atoms with Crippen LogP contribution in [0.2, 0.25) is 0 Å². The summed E-state index contributed by atoms with van der Waals surface area (Å²) in [5.41, 5.74) is 6.26. The van der Waals surface area contributed by atoms with Gasteiger partial charge in [-0.2, -0.15) is 0 Å². The van der Waals surface area contributed by atoms with E-state index in [2.05, 4.69) is 26.8 Å². The molecule has 1 aliphatic heterocycles. The lowest BCUT2D eigenvalue weighted by atomic mass is 10.0. The molecule has 3 aromatic rings. The van der Waals surface area contributed by atoms with E-state index in [9.17, 15) is 0 Å². The third-order valence-corrected chi connectivity index (χ3v) is 4.91. The Morgan fingerprint density at radius 2 is 2.07 bits per heavy atom. The monoisotopic (exact) mass is 362 g/mol. The van der Waals surface area contributed by atoms with Gasteiger partial charge in [0.1, 0.15) is 5.65 Å². The van der Waals surface area contributed by atoms with Crippen molar-refractivity contribution in [2.45, 2.75) is 0 Å². The zero-order chi connectivity index (χ0) is 18.8. The van der Waals surface area contributed by atoms with Crippen LogP contribution in [0.15, 0.2) is 43.5 Å². The summed E-state index contributed by atoms with van der Waals surface area (Å²) in [5, 5.41) is 10.9. The average Bonchev–Trinajstić information content (AvgIpc) is 3.16. The van der Waals surface area contributed by atoms with E-state index in [1.165, 1.54) is 6.21 Å². The van der Waals surface area contributed by atoms with Crippen molar-refractivity contribution in [2.75, 3.05) is 38.7 Å². The molecule has 0 spiro atoms. The van der Waals surface area contributed by atoms with Gasteiger partial charge in [-0.25, -0.2) is 4.98 Å². The Bertz CT molecular complexity index is 1000. The highest BCUT2D eigenvalue weighted by molar-refractivity contribution is 5.95. The molecule has 0 radical (unpaired) electrons. The fourth-order valence-electron chi connectivity index (χ4n) is 3.40. The molecule has 2 N–H and O–H groups in total. The first-order valence-electron chi connectivity index (χ1n) is 8.88. The Hall–Kier alpha value is -3.19. The summed E-state index contributed by atoms with van der Waals surface area (Å²) >= 11 is 0. The summed E-state index contributed by atoms with van der Waals surface area (Å²) in [6.45, 7) is 7.38. The maximum absolute atomic E-state index is 7.81. The second-order valence-electron chi connectivity index (χ2n) is 6.38. The maximum atomic E-state index is 7.81. The number of anilines is 1. The highest BCUT2D eigenvalue weighted by atomic mass is 16.5. The molecule has 0 aromatic carbocycles. The van der Waals surface area contributed by atoms with Crippen LogP contribution in [-0.2, 0) is 4.74 Å². The highest BCUT2D eigenvalue weighted by Crippen LogP contribution is 2.28. The quantitative estimate of drug-likeness (QED) is 0.683. The van der Waals surface area contributed by atoms with Gasteiger partial charge in [-0.1, -0.05) is 6.58 Å². The second kappa shape index (κ2) is 7.20. The van der Waals surface area contributed by atoms with Gasteiger partial charge in [-0.15, -0.1) is 0 Å². The van der Waals surface area contributed by atoms with E-state index in [0.717, 1.165) is 52.5 Å². The number of ether oxygens (including phenoxy) is 1. The smallest absolute Gasteiger partial charge is 0.137 e. The molecule has 0 atom stereocenters. The van der Waals surface area contributed by atoms with Crippen molar-refractivity contribution in [3.8, 4) is 11.1 Å².